The Kier molecular flexibility index (Phi) is 16.9. The van der Waals surface area contributed by atoms with Gasteiger partial charge in [0.2, 0.25) is 0 Å². The average Bonchev–Trinajstić information content (AvgIpc) is 2.62. The fourth-order valence-electron chi connectivity index (χ4n) is 3.04. The molecule has 0 spiro atoms. The van der Waals surface area contributed by atoms with Crippen molar-refractivity contribution in [2.24, 2.45) is 5.92 Å². The van der Waals surface area contributed by atoms with Gasteiger partial charge in [-0.25, -0.2) is 0 Å². The van der Waals surface area contributed by atoms with Crippen LogP contribution in [0, 0.1) is 5.92 Å². The zero-order chi connectivity index (χ0) is 21.2. The molecule has 0 unspecified atom stereocenters. The average molecular weight is 385 g/mol. The second kappa shape index (κ2) is 17.8. The molecule has 0 saturated carbocycles. The first-order chi connectivity index (χ1) is 13.3. The van der Waals surface area contributed by atoms with E-state index in [1.165, 1.54) is 80.9 Å². The van der Waals surface area contributed by atoms with Crippen LogP contribution in [0.4, 0.5) is 0 Å². The van der Waals surface area contributed by atoms with Gasteiger partial charge in [0, 0.05) is 0 Å². The summed E-state index contributed by atoms with van der Waals surface area (Å²) in [6.45, 7) is 15.8. The van der Waals surface area contributed by atoms with Crippen molar-refractivity contribution < 1.29 is 0 Å². The fourth-order valence-corrected chi connectivity index (χ4v) is 3.04. The Morgan fingerprint density at radius 1 is 0.536 bits per heavy atom. The van der Waals surface area contributed by atoms with Gasteiger partial charge in [0.15, 0.2) is 0 Å². The standard InChI is InChI=1S/C28H48/c1-24(2)16-15-21-27(6)18-12-10-8-9-11-17-26(5)19-13-14-20-28(7)23-22-25(3)4/h8-9,16,18-20,25H,10-15,17,21-23H2,1-7H3/b9-8-,26-19+,27-18-,28-20+. The fraction of sp³-hybridized carbons (Fsp3) is 0.643. The van der Waals surface area contributed by atoms with Gasteiger partial charge in [0.1, 0.15) is 0 Å². The van der Waals surface area contributed by atoms with Crippen molar-refractivity contribution in [3.8, 4) is 0 Å². The Labute approximate surface area is 177 Å². The second-order valence-corrected chi connectivity index (χ2v) is 9.07. The molecule has 0 aliphatic carbocycles. The van der Waals surface area contributed by atoms with Gasteiger partial charge in [-0.2, -0.15) is 0 Å². The van der Waals surface area contributed by atoms with Gasteiger partial charge >= 0.3 is 0 Å². The van der Waals surface area contributed by atoms with E-state index in [1.54, 1.807) is 5.57 Å². The molecule has 0 N–H and O–H groups in total. The van der Waals surface area contributed by atoms with E-state index in [1.807, 2.05) is 0 Å². The summed E-state index contributed by atoms with van der Waals surface area (Å²) in [4.78, 5) is 0. The largest absolute Gasteiger partial charge is 0.0882 e. The van der Waals surface area contributed by atoms with E-state index in [2.05, 4.69) is 84.9 Å². The molecule has 28 heavy (non-hydrogen) atoms. The Bertz CT molecular complexity index is 530. The van der Waals surface area contributed by atoms with Crippen LogP contribution in [0.25, 0.3) is 0 Å². The van der Waals surface area contributed by atoms with Crippen LogP contribution in [0.1, 0.15) is 113 Å². The Morgan fingerprint density at radius 3 is 1.54 bits per heavy atom. The third-order valence-electron chi connectivity index (χ3n) is 5.06. The van der Waals surface area contributed by atoms with Crippen molar-refractivity contribution in [2.75, 3.05) is 0 Å². The van der Waals surface area contributed by atoms with E-state index in [-0.39, 0.29) is 0 Å². The number of rotatable bonds is 15. The van der Waals surface area contributed by atoms with Gasteiger partial charge in [0.05, 0.1) is 0 Å². The van der Waals surface area contributed by atoms with E-state index in [0.29, 0.717) is 0 Å². The minimum absolute atomic E-state index is 0.811. The molecule has 0 heterocycles. The summed E-state index contributed by atoms with van der Waals surface area (Å²) in [5.74, 6) is 0.811. The summed E-state index contributed by atoms with van der Waals surface area (Å²) in [5, 5.41) is 0. The molecule has 0 heteroatoms. The van der Waals surface area contributed by atoms with Crippen LogP contribution in [-0.2, 0) is 0 Å². The lowest BCUT2D eigenvalue weighted by Crippen LogP contribution is -1.87. The molecule has 0 aromatic carbocycles. The number of hydrogen-bond donors (Lipinski definition) is 0. The highest BCUT2D eigenvalue weighted by Crippen LogP contribution is 2.13. The molecule has 0 aromatic rings. The predicted molar refractivity (Wildman–Crippen MR) is 131 cm³/mol. The molecule has 0 radical (unpaired) electrons. The molecule has 160 valence electrons. The SMILES string of the molecule is CC(C)=CCC/C(C)=C\CC/C=C\CC/C(C)=C/CC/C=C(\C)CCC(C)C. The van der Waals surface area contributed by atoms with Gasteiger partial charge in [-0.1, -0.05) is 72.6 Å². The normalized spacial score (nSPS) is 13.6. The van der Waals surface area contributed by atoms with Crippen molar-refractivity contribution in [3.63, 3.8) is 0 Å². The monoisotopic (exact) mass is 384 g/mol. The van der Waals surface area contributed by atoms with Crippen molar-refractivity contribution in [1.82, 2.24) is 0 Å². The molecule has 0 nitrogen and oxygen atoms in total. The predicted octanol–water partition coefficient (Wildman–Crippen LogP) is 9.90. The molecule has 0 aliphatic rings. The molecule has 0 amide bonds. The quantitative estimate of drug-likeness (QED) is 0.194. The minimum Gasteiger partial charge on any atom is -0.0882 e. The maximum absolute atomic E-state index is 2.43. The van der Waals surface area contributed by atoms with Gasteiger partial charge in [0.25, 0.3) is 0 Å². The van der Waals surface area contributed by atoms with E-state index in [0.717, 1.165) is 5.92 Å². The zero-order valence-electron chi connectivity index (χ0n) is 20.1. The van der Waals surface area contributed by atoms with Gasteiger partial charge in [-0.05, 0) is 105 Å². The molecule has 0 rings (SSSR count). The maximum Gasteiger partial charge on any atom is -0.0288 e. The summed E-state index contributed by atoms with van der Waals surface area (Å²) in [6.07, 6.45) is 26.4. The van der Waals surface area contributed by atoms with Crippen molar-refractivity contribution >= 4 is 0 Å². The molecule has 0 aliphatic heterocycles. The molecular formula is C28H48. The molecule has 0 atom stereocenters. The summed E-state index contributed by atoms with van der Waals surface area (Å²) in [7, 11) is 0. The third-order valence-corrected chi connectivity index (χ3v) is 5.06. The van der Waals surface area contributed by atoms with Crippen LogP contribution in [0.3, 0.4) is 0 Å². The topological polar surface area (TPSA) is 0 Å². The van der Waals surface area contributed by atoms with Crippen LogP contribution in [-0.4, -0.2) is 0 Å². The van der Waals surface area contributed by atoms with Crippen LogP contribution in [0.15, 0.2) is 58.7 Å². The molecule has 0 saturated heterocycles. The van der Waals surface area contributed by atoms with Crippen LogP contribution in [0.2, 0.25) is 0 Å². The highest BCUT2D eigenvalue weighted by molar-refractivity contribution is 5.04. The van der Waals surface area contributed by atoms with Gasteiger partial charge in [-0.3, -0.25) is 0 Å². The highest BCUT2D eigenvalue weighted by atomic mass is 14.0. The Morgan fingerprint density at radius 2 is 1.00 bits per heavy atom. The zero-order valence-corrected chi connectivity index (χ0v) is 20.1. The Balaban J connectivity index is 3.84. The Hall–Kier alpha value is -1.30. The molecule has 0 bridgehead atoms. The number of unbranched alkanes of at least 4 members (excludes halogenated alkanes) is 2. The molecular weight excluding hydrogens is 336 g/mol. The highest BCUT2D eigenvalue weighted by Gasteiger charge is 1.95. The number of hydrogen-bond acceptors (Lipinski definition) is 0. The number of allylic oxidation sites excluding steroid dienone is 10. The van der Waals surface area contributed by atoms with Gasteiger partial charge in [-0.15, -0.1) is 0 Å². The lowest BCUT2D eigenvalue weighted by molar-refractivity contribution is 0.584. The van der Waals surface area contributed by atoms with Crippen molar-refractivity contribution in [2.45, 2.75) is 113 Å². The van der Waals surface area contributed by atoms with Crippen molar-refractivity contribution in [1.29, 1.82) is 0 Å². The van der Waals surface area contributed by atoms with Crippen LogP contribution in [0.5, 0.6) is 0 Å². The lowest BCUT2D eigenvalue weighted by atomic mass is 10.0. The molecule has 0 aromatic heterocycles. The van der Waals surface area contributed by atoms with Crippen LogP contribution < -0.4 is 0 Å². The first-order valence-corrected chi connectivity index (χ1v) is 11.6. The minimum atomic E-state index is 0.811. The van der Waals surface area contributed by atoms with Crippen LogP contribution >= 0.6 is 0 Å². The van der Waals surface area contributed by atoms with E-state index < -0.39 is 0 Å². The maximum atomic E-state index is 2.43. The first kappa shape index (κ1) is 26.7. The second-order valence-electron chi connectivity index (χ2n) is 9.07. The summed E-state index contributed by atoms with van der Waals surface area (Å²) >= 11 is 0. The van der Waals surface area contributed by atoms with Gasteiger partial charge < -0.3 is 0 Å². The van der Waals surface area contributed by atoms with E-state index in [9.17, 15) is 0 Å². The third kappa shape index (κ3) is 19.5. The van der Waals surface area contributed by atoms with E-state index in [4.69, 9.17) is 0 Å². The smallest absolute Gasteiger partial charge is 0.0288 e. The van der Waals surface area contributed by atoms with Crippen molar-refractivity contribution in [3.05, 3.63) is 58.7 Å². The summed E-state index contributed by atoms with van der Waals surface area (Å²) in [5.41, 5.74) is 6.04. The summed E-state index contributed by atoms with van der Waals surface area (Å²) in [6, 6.07) is 0. The lowest BCUT2D eigenvalue weighted by Gasteiger charge is -2.04. The first-order valence-electron chi connectivity index (χ1n) is 11.6. The van der Waals surface area contributed by atoms with E-state index >= 15 is 0 Å². The molecule has 0 fully saturated rings. The summed E-state index contributed by atoms with van der Waals surface area (Å²) < 4.78 is 0.